The van der Waals surface area contributed by atoms with Gasteiger partial charge in [0.05, 0.1) is 24.6 Å². The Hall–Kier alpha value is -2.08. The summed E-state index contributed by atoms with van der Waals surface area (Å²) in [5, 5.41) is 0. The zero-order valence-electron chi connectivity index (χ0n) is 19.1. The van der Waals surface area contributed by atoms with Crippen LogP contribution in [0.1, 0.15) is 39.5 Å². The maximum atomic E-state index is 13.2. The maximum Gasteiger partial charge on any atom is 0.233 e. The third kappa shape index (κ3) is 3.25. The standard InChI is InChI=1S/C25H35N3O3/c1-24-9-10-25(2,17-24)21-20(24)22(29)28(23(21)30)12-6-11-26-13-15-27(16-14-26)18-7-4-5-8-19(18)31-3/h4-5,7-8,20-21H,6,9-17H2,1-3H3. The number of carbonyl (C=O) groups excluding carboxylic acids is 2. The van der Waals surface area contributed by atoms with Crippen molar-refractivity contribution in [1.29, 1.82) is 0 Å². The van der Waals surface area contributed by atoms with Crippen molar-refractivity contribution in [2.75, 3.05) is 51.3 Å². The highest BCUT2D eigenvalue weighted by atomic mass is 16.5. The quantitative estimate of drug-likeness (QED) is 0.656. The minimum Gasteiger partial charge on any atom is -0.495 e. The lowest BCUT2D eigenvalue weighted by molar-refractivity contribution is -0.141. The van der Waals surface area contributed by atoms with Crippen LogP contribution < -0.4 is 9.64 Å². The number of imide groups is 1. The molecule has 6 heteroatoms. The summed E-state index contributed by atoms with van der Waals surface area (Å²) in [7, 11) is 1.72. The average Bonchev–Trinajstić information content (AvgIpc) is 3.32. The third-order valence-corrected chi connectivity index (χ3v) is 8.63. The molecule has 2 saturated heterocycles. The number of benzene rings is 1. The second-order valence-corrected chi connectivity index (χ2v) is 10.6. The van der Waals surface area contributed by atoms with Crippen LogP contribution in [0.2, 0.25) is 0 Å². The van der Waals surface area contributed by atoms with Crippen molar-refractivity contribution in [3.63, 3.8) is 0 Å². The van der Waals surface area contributed by atoms with Crippen molar-refractivity contribution >= 4 is 17.5 Å². The van der Waals surface area contributed by atoms with Gasteiger partial charge in [0, 0.05) is 32.7 Å². The lowest BCUT2D eigenvalue weighted by Crippen LogP contribution is -2.47. The molecule has 1 aromatic rings. The van der Waals surface area contributed by atoms with Crippen LogP contribution in [-0.4, -0.2) is 68.0 Å². The molecule has 2 amide bonds. The van der Waals surface area contributed by atoms with Crippen LogP contribution in [0.15, 0.2) is 24.3 Å². The predicted molar refractivity (Wildman–Crippen MR) is 120 cm³/mol. The SMILES string of the molecule is COc1ccccc1N1CCN(CCCN2C(=O)C3C(C2=O)C2(C)CCC3(C)C2)CC1. The molecule has 0 N–H and O–H groups in total. The molecule has 2 heterocycles. The summed E-state index contributed by atoms with van der Waals surface area (Å²) < 4.78 is 5.51. The van der Waals surface area contributed by atoms with Crippen molar-refractivity contribution in [1.82, 2.24) is 9.80 Å². The number of likely N-dealkylation sites (tertiary alicyclic amines) is 1. The van der Waals surface area contributed by atoms with Gasteiger partial charge in [-0.05, 0) is 55.2 Å². The first-order valence-electron chi connectivity index (χ1n) is 11.8. The molecule has 0 spiro atoms. The molecule has 4 fully saturated rings. The van der Waals surface area contributed by atoms with Crippen molar-refractivity contribution in [2.45, 2.75) is 39.5 Å². The summed E-state index contributed by atoms with van der Waals surface area (Å²) in [4.78, 5) is 32.7. The molecule has 2 bridgehead atoms. The van der Waals surface area contributed by atoms with E-state index in [4.69, 9.17) is 4.74 Å². The van der Waals surface area contributed by atoms with E-state index < -0.39 is 0 Å². The Morgan fingerprint density at radius 1 is 0.935 bits per heavy atom. The number of piperazine rings is 1. The minimum absolute atomic E-state index is 0.0374. The molecule has 0 radical (unpaired) electrons. The van der Waals surface area contributed by atoms with E-state index in [1.807, 2.05) is 12.1 Å². The number of amides is 2. The van der Waals surface area contributed by atoms with Crippen molar-refractivity contribution in [2.24, 2.45) is 22.7 Å². The largest absolute Gasteiger partial charge is 0.495 e. The number of fused-ring (bicyclic) bond motifs is 5. The summed E-state index contributed by atoms with van der Waals surface area (Å²) in [6.07, 6.45) is 4.08. The highest BCUT2D eigenvalue weighted by molar-refractivity contribution is 6.06. The normalized spacial score (nSPS) is 35.2. The van der Waals surface area contributed by atoms with Gasteiger partial charge in [-0.15, -0.1) is 0 Å². The fourth-order valence-corrected chi connectivity index (χ4v) is 7.11. The van der Waals surface area contributed by atoms with Crippen LogP contribution in [0.5, 0.6) is 5.75 Å². The molecular weight excluding hydrogens is 390 g/mol. The number of nitrogens with zero attached hydrogens (tertiary/aromatic N) is 3. The van der Waals surface area contributed by atoms with Gasteiger partial charge in [0.15, 0.2) is 0 Å². The van der Waals surface area contributed by atoms with Gasteiger partial charge in [0.25, 0.3) is 0 Å². The molecule has 4 unspecified atom stereocenters. The molecule has 1 aromatic carbocycles. The first-order valence-corrected chi connectivity index (χ1v) is 11.8. The molecule has 5 rings (SSSR count). The first kappa shape index (κ1) is 20.8. The van der Waals surface area contributed by atoms with E-state index in [1.165, 1.54) is 0 Å². The molecule has 168 valence electrons. The van der Waals surface area contributed by atoms with E-state index >= 15 is 0 Å². The van der Waals surface area contributed by atoms with Gasteiger partial charge < -0.3 is 9.64 Å². The number of carbonyl (C=O) groups is 2. The zero-order chi connectivity index (χ0) is 21.8. The smallest absolute Gasteiger partial charge is 0.233 e. The van der Waals surface area contributed by atoms with Gasteiger partial charge in [-0.2, -0.15) is 0 Å². The number of rotatable bonds is 6. The Bertz CT molecular complexity index is 847. The summed E-state index contributed by atoms with van der Waals surface area (Å²) in [6, 6.07) is 8.18. The van der Waals surface area contributed by atoms with Crippen LogP contribution in [0.4, 0.5) is 5.69 Å². The van der Waals surface area contributed by atoms with E-state index in [0.717, 1.165) is 69.8 Å². The number of para-hydroxylation sites is 2. The highest BCUT2D eigenvalue weighted by Gasteiger charge is 2.70. The zero-order valence-corrected chi connectivity index (χ0v) is 19.1. The van der Waals surface area contributed by atoms with Crippen LogP contribution >= 0.6 is 0 Å². The molecular formula is C25H35N3O3. The van der Waals surface area contributed by atoms with E-state index in [0.29, 0.717) is 6.54 Å². The Morgan fingerprint density at radius 3 is 2.16 bits per heavy atom. The number of hydrogen-bond donors (Lipinski definition) is 0. The predicted octanol–water partition coefficient (Wildman–Crippen LogP) is 3.02. The second-order valence-electron chi connectivity index (χ2n) is 10.6. The highest BCUT2D eigenvalue weighted by Crippen LogP contribution is 2.69. The Balaban J connectivity index is 1.14. The van der Waals surface area contributed by atoms with Gasteiger partial charge in [-0.3, -0.25) is 19.4 Å². The molecule has 2 aliphatic heterocycles. The van der Waals surface area contributed by atoms with Crippen LogP contribution in [0.25, 0.3) is 0 Å². The summed E-state index contributed by atoms with van der Waals surface area (Å²) in [5.41, 5.74) is 1.23. The van der Waals surface area contributed by atoms with Crippen LogP contribution in [0.3, 0.4) is 0 Å². The lowest BCUT2D eigenvalue weighted by Gasteiger charge is -2.36. The monoisotopic (exact) mass is 425 g/mol. The van der Waals surface area contributed by atoms with Crippen molar-refractivity contribution in [3.8, 4) is 5.75 Å². The second kappa shape index (κ2) is 7.51. The minimum atomic E-state index is -0.0665. The summed E-state index contributed by atoms with van der Waals surface area (Å²) in [6.45, 7) is 9.87. The van der Waals surface area contributed by atoms with E-state index in [-0.39, 0.29) is 34.5 Å². The van der Waals surface area contributed by atoms with Gasteiger partial charge in [0.1, 0.15) is 5.75 Å². The fraction of sp³-hybridized carbons (Fsp3) is 0.680. The van der Waals surface area contributed by atoms with E-state index in [2.05, 4.69) is 35.8 Å². The van der Waals surface area contributed by atoms with E-state index in [9.17, 15) is 9.59 Å². The Morgan fingerprint density at radius 2 is 1.55 bits per heavy atom. The van der Waals surface area contributed by atoms with Crippen molar-refractivity contribution in [3.05, 3.63) is 24.3 Å². The van der Waals surface area contributed by atoms with Gasteiger partial charge in [-0.25, -0.2) is 0 Å². The molecule has 31 heavy (non-hydrogen) atoms. The van der Waals surface area contributed by atoms with E-state index in [1.54, 1.807) is 12.0 Å². The van der Waals surface area contributed by atoms with Crippen LogP contribution in [0, 0.1) is 22.7 Å². The molecule has 6 nitrogen and oxygen atoms in total. The molecule has 2 aliphatic carbocycles. The molecule has 0 aromatic heterocycles. The van der Waals surface area contributed by atoms with Crippen LogP contribution in [-0.2, 0) is 9.59 Å². The van der Waals surface area contributed by atoms with Gasteiger partial charge in [-0.1, -0.05) is 26.0 Å². The van der Waals surface area contributed by atoms with Gasteiger partial charge >= 0.3 is 0 Å². The Kier molecular flexibility index (Phi) is 5.04. The summed E-state index contributed by atoms with van der Waals surface area (Å²) in [5.74, 6) is 1.01. The first-order chi connectivity index (χ1) is 14.9. The molecule has 4 aliphatic rings. The summed E-state index contributed by atoms with van der Waals surface area (Å²) >= 11 is 0. The number of ether oxygens (including phenoxy) is 1. The number of anilines is 1. The van der Waals surface area contributed by atoms with Crippen molar-refractivity contribution < 1.29 is 14.3 Å². The lowest BCUT2D eigenvalue weighted by atomic mass is 9.69. The average molecular weight is 426 g/mol. The van der Waals surface area contributed by atoms with Gasteiger partial charge in [0.2, 0.25) is 11.8 Å². The fourth-order valence-electron chi connectivity index (χ4n) is 7.11. The third-order valence-electron chi connectivity index (χ3n) is 8.63. The molecule has 2 saturated carbocycles. The molecule has 4 atom stereocenters. The number of hydrogen-bond acceptors (Lipinski definition) is 5. The topological polar surface area (TPSA) is 53.1 Å². The maximum absolute atomic E-state index is 13.2. The number of methoxy groups -OCH3 is 1. The Labute approximate surface area is 185 Å².